The van der Waals surface area contributed by atoms with Gasteiger partial charge < -0.3 is 23.7 Å². The topological polar surface area (TPSA) is 63.2 Å². The standard InChI is InChI=1S/C25H40O6.CH4/c1-16(2)25(8,23(4,5)6)22(26)31-15-24(7)13-29-21(30-14-24)20-17(3)11-18(27-9)12-19(20)28-10;/h11-12,16,21H,13-15H2,1-10H3;1H4. The van der Waals surface area contributed by atoms with Gasteiger partial charge in [-0.15, -0.1) is 0 Å². The number of rotatable bonds is 7. The van der Waals surface area contributed by atoms with E-state index >= 15 is 0 Å². The molecule has 1 aliphatic heterocycles. The highest BCUT2D eigenvalue weighted by Gasteiger charge is 2.49. The maximum Gasteiger partial charge on any atom is 0.312 e. The summed E-state index contributed by atoms with van der Waals surface area (Å²) in [6.45, 7) is 17.4. The summed E-state index contributed by atoms with van der Waals surface area (Å²) in [4.78, 5) is 13.1. The molecule has 1 atom stereocenters. The molecule has 6 heteroatoms. The number of aryl methyl sites for hydroxylation is 1. The largest absolute Gasteiger partial charge is 0.497 e. The molecule has 0 spiro atoms. The lowest BCUT2D eigenvalue weighted by Gasteiger charge is -2.44. The van der Waals surface area contributed by atoms with Gasteiger partial charge in [0.25, 0.3) is 0 Å². The van der Waals surface area contributed by atoms with Crippen molar-refractivity contribution in [1.29, 1.82) is 0 Å². The minimum absolute atomic E-state index is 0. The Labute approximate surface area is 194 Å². The van der Waals surface area contributed by atoms with Crippen LogP contribution in [0.15, 0.2) is 12.1 Å². The maximum atomic E-state index is 13.1. The molecule has 0 bridgehead atoms. The Morgan fingerprint density at radius 1 is 1.12 bits per heavy atom. The van der Waals surface area contributed by atoms with Crippen LogP contribution >= 0.6 is 0 Å². The first-order chi connectivity index (χ1) is 14.3. The highest BCUT2D eigenvalue weighted by atomic mass is 16.7. The molecule has 1 fully saturated rings. The zero-order chi connectivity index (χ0) is 23.6. The molecule has 1 unspecified atom stereocenters. The number of benzene rings is 1. The summed E-state index contributed by atoms with van der Waals surface area (Å²) < 4.78 is 28.8. The number of carbonyl (C=O) groups excluding carboxylic acids is 1. The van der Waals surface area contributed by atoms with Crippen molar-refractivity contribution in [2.75, 3.05) is 34.0 Å². The summed E-state index contributed by atoms with van der Waals surface area (Å²) in [6.07, 6.45) is -0.542. The molecule has 184 valence electrons. The lowest BCUT2D eigenvalue weighted by Crippen LogP contribution is -2.48. The summed E-state index contributed by atoms with van der Waals surface area (Å²) in [5, 5.41) is 0. The van der Waals surface area contributed by atoms with E-state index in [4.69, 9.17) is 23.7 Å². The average molecular weight is 453 g/mol. The molecule has 1 saturated heterocycles. The summed E-state index contributed by atoms with van der Waals surface area (Å²) >= 11 is 0. The minimum atomic E-state index is -0.587. The third kappa shape index (κ3) is 5.57. The number of carbonyl (C=O) groups is 1. The van der Waals surface area contributed by atoms with Gasteiger partial charge in [-0.1, -0.05) is 49.0 Å². The van der Waals surface area contributed by atoms with Crippen LogP contribution in [0.4, 0.5) is 0 Å². The number of hydrogen-bond acceptors (Lipinski definition) is 6. The van der Waals surface area contributed by atoms with Crippen molar-refractivity contribution in [1.82, 2.24) is 0 Å². The van der Waals surface area contributed by atoms with E-state index in [9.17, 15) is 4.79 Å². The maximum absolute atomic E-state index is 13.1. The molecule has 0 N–H and O–H groups in total. The fraction of sp³-hybridized carbons (Fsp3) is 0.731. The molecule has 0 amide bonds. The molecule has 0 aliphatic carbocycles. The molecule has 1 aromatic carbocycles. The first-order valence-electron chi connectivity index (χ1n) is 10.9. The third-order valence-electron chi connectivity index (χ3n) is 6.87. The van der Waals surface area contributed by atoms with Crippen LogP contribution in [0.5, 0.6) is 11.5 Å². The first-order valence-corrected chi connectivity index (χ1v) is 10.9. The Balaban J connectivity index is 0.00000512. The zero-order valence-electron chi connectivity index (χ0n) is 20.9. The van der Waals surface area contributed by atoms with Crippen LogP contribution in [-0.4, -0.2) is 40.0 Å². The van der Waals surface area contributed by atoms with Gasteiger partial charge in [0.05, 0.1) is 38.4 Å². The van der Waals surface area contributed by atoms with E-state index in [1.54, 1.807) is 14.2 Å². The van der Waals surface area contributed by atoms with Crippen molar-refractivity contribution in [3.05, 3.63) is 23.3 Å². The van der Waals surface area contributed by atoms with Crippen LogP contribution in [0.2, 0.25) is 0 Å². The van der Waals surface area contributed by atoms with E-state index < -0.39 is 17.1 Å². The van der Waals surface area contributed by atoms with Gasteiger partial charge in [-0.25, -0.2) is 0 Å². The lowest BCUT2D eigenvalue weighted by molar-refractivity contribution is -0.241. The van der Waals surface area contributed by atoms with Crippen molar-refractivity contribution < 1.29 is 28.5 Å². The van der Waals surface area contributed by atoms with Gasteiger partial charge in [0.15, 0.2) is 6.29 Å². The molecular weight excluding hydrogens is 408 g/mol. The van der Waals surface area contributed by atoms with Crippen molar-refractivity contribution >= 4 is 5.97 Å². The highest BCUT2D eigenvalue weighted by molar-refractivity contribution is 5.77. The van der Waals surface area contributed by atoms with Crippen LogP contribution in [0, 0.1) is 29.1 Å². The second-order valence-corrected chi connectivity index (χ2v) is 10.5. The number of ether oxygens (including phenoxy) is 5. The van der Waals surface area contributed by atoms with E-state index in [-0.39, 0.29) is 31.3 Å². The average Bonchev–Trinajstić information content (AvgIpc) is 2.70. The van der Waals surface area contributed by atoms with Gasteiger partial charge in [-0.05, 0) is 36.8 Å². The van der Waals surface area contributed by atoms with E-state index in [0.717, 1.165) is 16.9 Å². The van der Waals surface area contributed by atoms with Gasteiger partial charge in [0, 0.05) is 11.5 Å². The molecule has 0 radical (unpaired) electrons. The van der Waals surface area contributed by atoms with Crippen molar-refractivity contribution in [2.24, 2.45) is 22.2 Å². The highest BCUT2D eigenvalue weighted by Crippen LogP contribution is 2.46. The number of methoxy groups -OCH3 is 2. The lowest BCUT2D eigenvalue weighted by atomic mass is 9.62. The smallest absolute Gasteiger partial charge is 0.312 e. The molecule has 1 aliphatic rings. The monoisotopic (exact) mass is 452 g/mol. The molecule has 32 heavy (non-hydrogen) atoms. The van der Waals surface area contributed by atoms with Gasteiger partial charge in [-0.2, -0.15) is 0 Å². The van der Waals surface area contributed by atoms with Crippen molar-refractivity contribution in [2.45, 2.75) is 69.1 Å². The van der Waals surface area contributed by atoms with Gasteiger partial charge in [-0.3, -0.25) is 4.79 Å². The Bertz CT molecular complexity index is 771. The van der Waals surface area contributed by atoms with E-state index in [0.29, 0.717) is 19.0 Å². The quantitative estimate of drug-likeness (QED) is 0.476. The zero-order valence-corrected chi connectivity index (χ0v) is 20.9. The molecular formula is C26H44O6. The predicted molar refractivity (Wildman–Crippen MR) is 127 cm³/mol. The molecule has 1 heterocycles. The Morgan fingerprint density at radius 2 is 1.69 bits per heavy atom. The van der Waals surface area contributed by atoms with E-state index in [1.807, 2.05) is 32.9 Å². The number of hydrogen-bond donors (Lipinski definition) is 0. The van der Waals surface area contributed by atoms with Gasteiger partial charge in [0.2, 0.25) is 0 Å². The van der Waals surface area contributed by atoms with Crippen LogP contribution < -0.4 is 9.47 Å². The Kier molecular flexibility index (Phi) is 9.21. The van der Waals surface area contributed by atoms with Crippen LogP contribution in [-0.2, 0) is 19.0 Å². The normalized spacial score (nSPS) is 23.2. The molecule has 1 aromatic rings. The van der Waals surface area contributed by atoms with E-state index in [1.165, 1.54) is 0 Å². The summed E-state index contributed by atoms with van der Waals surface area (Å²) in [6, 6.07) is 3.75. The SMILES string of the molecule is C.COc1cc(C)c(C2OCC(C)(COC(=O)C(C)(C(C)C)C(C)(C)C)CO2)c(OC)c1. The minimum Gasteiger partial charge on any atom is -0.497 e. The predicted octanol–water partition coefficient (Wildman–Crippen LogP) is 5.95. The van der Waals surface area contributed by atoms with Crippen molar-refractivity contribution in [3.63, 3.8) is 0 Å². The third-order valence-corrected chi connectivity index (χ3v) is 6.87. The number of esters is 1. The summed E-state index contributed by atoms with van der Waals surface area (Å²) in [5.74, 6) is 1.36. The Morgan fingerprint density at radius 3 is 2.12 bits per heavy atom. The first kappa shape index (κ1) is 28.2. The molecule has 6 nitrogen and oxygen atoms in total. The molecule has 0 saturated carbocycles. The Hall–Kier alpha value is -1.79. The molecule has 0 aromatic heterocycles. The van der Waals surface area contributed by atoms with Crippen LogP contribution in [0.1, 0.15) is 73.3 Å². The second kappa shape index (κ2) is 10.4. The van der Waals surface area contributed by atoms with Gasteiger partial charge >= 0.3 is 5.97 Å². The molecule has 2 rings (SSSR count). The van der Waals surface area contributed by atoms with Crippen LogP contribution in [0.25, 0.3) is 0 Å². The van der Waals surface area contributed by atoms with Gasteiger partial charge in [0.1, 0.15) is 18.1 Å². The fourth-order valence-electron chi connectivity index (χ4n) is 4.01. The fourth-order valence-corrected chi connectivity index (χ4v) is 4.01. The second-order valence-electron chi connectivity index (χ2n) is 10.5. The summed E-state index contributed by atoms with van der Waals surface area (Å²) in [7, 11) is 3.24. The summed E-state index contributed by atoms with van der Waals surface area (Å²) in [5.41, 5.74) is 0.592. The van der Waals surface area contributed by atoms with Crippen molar-refractivity contribution in [3.8, 4) is 11.5 Å². The van der Waals surface area contributed by atoms with Crippen LogP contribution in [0.3, 0.4) is 0 Å². The van der Waals surface area contributed by atoms with E-state index in [2.05, 4.69) is 34.6 Å².